The zero-order valence-corrected chi connectivity index (χ0v) is 13.1. The number of piperazine rings is 1. The van der Waals surface area contributed by atoms with Crippen molar-refractivity contribution in [2.45, 2.75) is 0 Å². The molecule has 0 bridgehead atoms. The Hall–Kier alpha value is -1.91. The highest BCUT2D eigenvalue weighted by Gasteiger charge is 2.17. The van der Waals surface area contributed by atoms with E-state index < -0.39 is 0 Å². The molecule has 1 heterocycles. The van der Waals surface area contributed by atoms with Gasteiger partial charge in [-0.2, -0.15) is 0 Å². The summed E-state index contributed by atoms with van der Waals surface area (Å²) in [6.07, 6.45) is 6.08. The van der Waals surface area contributed by atoms with Gasteiger partial charge in [0.25, 0.3) is 0 Å². The SMILES string of the molecule is C=CCNC(=O)CN1CCN(CC=Cc2ccccc2)CC1. The number of carbonyl (C=O) groups is 1. The van der Waals surface area contributed by atoms with Gasteiger partial charge < -0.3 is 5.32 Å². The molecule has 4 heteroatoms. The Morgan fingerprint density at radius 3 is 2.50 bits per heavy atom. The van der Waals surface area contributed by atoms with Crippen molar-refractivity contribution in [2.75, 3.05) is 45.8 Å². The van der Waals surface area contributed by atoms with Gasteiger partial charge in [-0.05, 0) is 5.56 Å². The molecule has 0 radical (unpaired) electrons. The summed E-state index contributed by atoms with van der Waals surface area (Å²) in [7, 11) is 0. The standard InChI is InChI=1S/C18H25N3O/c1-2-10-19-18(22)16-21-14-12-20(13-15-21)11-6-9-17-7-4-3-5-8-17/h2-9H,1,10-16H2,(H,19,22). The highest BCUT2D eigenvalue weighted by Crippen LogP contribution is 2.04. The van der Waals surface area contributed by atoms with Gasteiger partial charge >= 0.3 is 0 Å². The molecule has 1 aliphatic heterocycles. The third-order valence-corrected chi connectivity index (χ3v) is 3.75. The minimum atomic E-state index is 0.0809. The van der Waals surface area contributed by atoms with Crippen molar-refractivity contribution in [1.29, 1.82) is 0 Å². The second-order valence-corrected chi connectivity index (χ2v) is 5.48. The third-order valence-electron chi connectivity index (χ3n) is 3.75. The highest BCUT2D eigenvalue weighted by atomic mass is 16.2. The van der Waals surface area contributed by atoms with E-state index in [1.165, 1.54) is 5.56 Å². The van der Waals surface area contributed by atoms with Gasteiger partial charge in [-0.25, -0.2) is 0 Å². The van der Waals surface area contributed by atoms with Crippen LogP contribution in [0.3, 0.4) is 0 Å². The average Bonchev–Trinajstić information content (AvgIpc) is 2.55. The molecule has 1 aromatic rings. The minimum Gasteiger partial charge on any atom is -0.352 e. The first-order valence-electron chi connectivity index (χ1n) is 7.82. The zero-order chi connectivity index (χ0) is 15.6. The summed E-state index contributed by atoms with van der Waals surface area (Å²) in [5.74, 6) is 0.0809. The quantitative estimate of drug-likeness (QED) is 0.777. The lowest BCUT2D eigenvalue weighted by atomic mass is 10.2. The van der Waals surface area contributed by atoms with Crippen molar-refractivity contribution in [1.82, 2.24) is 15.1 Å². The van der Waals surface area contributed by atoms with Gasteiger partial charge in [0.05, 0.1) is 6.54 Å². The second-order valence-electron chi connectivity index (χ2n) is 5.48. The number of nitrogens with zero attached hydrogens (tertiary/aromatic N) is 2. The van der Waals surface area contributed by atoms with Crippen LogP contribution < -0.4 is 5.32 Å². The number of hydrogen-bond acceptors (Lipinski definition) is 3. The first kappa shape index (κ1) is 16.5. The highest BCUT2D eigenvalue weighted by molar-refractivity contribution is 5.78. The normalized spacial score (nSPS) is 16.7. The average molecular weight is 299 g/mol. The fourth-order valence-electron chi connectivity index (χ4n) is 2.48. The number of hydrogen-bond donors (Lipinski definition) is 1. The Kier molecular flexibility index (Phi) is 6.87. The summed E-state index contributed by atoms with van der Waals surface area (Å²) in [4.78, 5) is 16.3. The molecule has 1 fully saturated rings. The van der Waals surface area contributed by atoms with Crippen molar-refractivity contribution in [2.24, 2.45) is 0 Å². The molecular weight excluding hydrogens is 274 g/mol. The van der Waals surface area contributed by atoms with Crippen LogP contribution in [0, 0.1) is 0 Å². The van der Waals surface area contributed by atoms with Gasteiger partial charge in [0.2, 0.25) is 5.91 Å². The van der Waals surface area contributed by atoms with Crippen LogP contribution in [0.2, 0.25) is 0 Å². The molecule has 0 saturated carbocycles. The monoisotopic (exact) mass is 299 g/mol. The fraction of sp³-hybridized carbons (Fsp3) is 0.389. The van der Waals surface area contributed by atoms with Crippen LogP contribution in [0.1, 0.15) is 5.56 Å². The topological polar surface area (TPSA) is 35.6 Å². The smallest absolute Gasteiger partial charge is 0.234 e. The van der Waals surface area contributed by atoms with Gasteiger partial charge in [-0.3, -0.25) is 14.6 Å². The van der Waals surface area contributed by atoms with E-state index in [9.17, 15) is 4.79 Å². The maximum Gasteiger partial charge on any atom is 0.234 e. The van der Waals surface area contributed by atoms with Crippen molar-refractivity contribution in [3.05, 3.63) is 54.6 Å². The van der Waals surface area contributed by atoms with Gasteiger partial charge in [-0.15, -0.1) is 6.58 Å². The Morgan fingerprint density at radius 1 is 1.14 bits per heavy atom. The Morgan fingerprint density at radius 2 is 1.82 bits per heavy atom. The summed E-state index contributed by atoms with van der Waals surface area (Å²) in [6, 6.07) is 10.3. The number of rotatable bonds is 7. The maximum atomic E-state index is 11.7. The summed E-state index contributed by atoms with van der Waals surface area (Å²) >= 11 is 0. The number of carbonyl (C=O) groups excluding carboxylic acids is 1. The molecule has 0 unspecified atom stereocenters. The Labute approximate surface area is 133 Å². The van der Waals surface area contributed by atoms with Crippen LogP contribution in [0.4, 0.5) is 0 Å². The number of amides is 1. The van der Waals surface area contributed by atoms with Crippen molar-refractivity contribution in [3.63, 3.8) is 0 Å². The van der Waals surface area contributed by atoms with Crippen LogP contribution in [-0.2, 0) is 4.79 Å². The van der Waals surface area contributed by atoms with E-state index in [-0.39, 0.29) is 5.91 Å². The zero-order valence-electron chi connectivity index (χ0n) is 13.1. The summed E-state index contributed by atoms with van der Waals surface area (Å²) < 4.78 is 0. The van der Waals surface area contributed by atoms with E-state index in [2.05, 4.69) is 58.1 Å². The first-order valence-corrected chi connectivity index (χ1v) is 7.82. The fourth-order valence-corrected chi connectivity index (χ4v) is 2.48. The van der Waals surface area contributed by atoms with Crippen LogP contribution >= 0.6 is 0 Å². The molecule has 0 aromatic heterocycles. The van der Waals surface area contributed by atoms with Crippen molar-refractivity contribution >= 4 is 12.0 Å². The molecule has 0 aliphatic carbocycles. The molecule has 118 valence electrons. The molecule has 1 N–H and O–H groups in total. The van der Waals surface area contributed by atoms with Crippen molar-refractivity contribution in [3.8, 4) is 0 Å². The van der Waals surface area contributed by atoms with Crippen LogP contribution in [0.5, 0.6) is 0 Å². The maximum absolute atomic E-state index is 11.7. The van der Waals surface area contributed by atoms with Crippen LogP contribution in [0.15, 0.2) is 49.1 Å². The predicted molar refractivity (Wildman–Crippen MR) is 91.6 cm³/mol. The van der Waals surface area contributed by atoms with Gasteiger partial charge in [0.1, 0.15) is 0 Å². The summed E-state index contributed by atoms with van der Waals surface area (Å²) in [5, 5.41) is 2.82. The lowest BCUT2D eigenvalue weighted by Gasteiger charge is -2.33. The Bertz CT molecular complexity index is 490. The van der Waals surface area contributed by atoms with Gasteiger partial charge in [-0.1, -0.05) is 48.6 Å². The van der Waals surface area contributed by atoms with E-state index in [1.54, 1.807) is 6.08 Å². The molecule has 1 amide bonds. The van der Waals surface area contributed by atoms with Crippen LogP contribution in [0.25, 0.3) is 6.08 Å². The molecule has 1 aliphatic rings. The van der Waals surface area contributed by atoms with E-state index in [4.69, 9.17) is 0 Å². The lowest BCUT2D eigenvalue weighted by Crippen LogP contribution is -2.49. The number of benzene rings is 1. The predicted octanol–water partition coefficient (Wildman–Crippen LogP) is 1.62. The van der Waals surface area contributed by atoms with E-state index >= 15 is 0 Å². The van der Waals surface area contributed by atoms with Crippen molar-refractivity contribution < 1.29 is 4.79 Å². The van der Waals surface area contributed by atoms with E-state index in [0.29, 0.717) is 13.1 Å². The van der Waals surface area contributed by atoms with E-state index in [0.717, 1.165) is 32.7 Å². The molecule has 1 aromatic carbocycles. The summed E-state index contributed by atoms with van der Waals surface area (Å²) in [6.45, 7) is 9.50. The molecule has 4 nitrogen and oxygen atoms in total. The Balaban J connectivity index is 1.66. The van der Waals surface area contributed by atoms with Gasteiger partial charge in [0, 0.05) is 39.3 Å². The molecule has 22 heavy (non-hydrogen) atoms. The second kappa shape index (κ2) is 9.18. The largest absolute Gasteiger partial charge is 0.352 e. The van der Waals surface area contributed by atoms with Crippen LogP contribution in [-0.4, -0.2) is 61.5 Å². The molecule has 2 rings (SSSR count). The molecular formula is C18H25N3O. The molecule has 0 atom stereocenters. The minimum absolute atomic E-state index is 0.0809. The third kappa shape index (κ3) is 5.84. The molecule has 0 spiro atoms. The summed E-state index contributed by atoms with van der Waals surface area (Å²) in [5.41, 5.74) is 1.24. The van der Waals surface area contributed by atoms with Gasteiger partial charge in [0.15, 0.2) is 0 Å². The number of nitrogens with one attached hydrogen (secondary N) is 1. The first-order chi connectivity index (χ1) is 10.8. The molecule has 1 saturated heterocycles. The lowest BCUT2D eigenvalue weighted by molar-refractivity contribution is -0.122. The van der Waals surface area contributed by atoms with E-state index in [1.807, 2.05) is 6.07 Å².